The Morgan fingerprint density at radius 2 is 1.91 bits per heavy atom. The van der Waals surface area contributed by atoms with Gasteiger partial charge in [-0.25, -0.2) is 14.2 Å². The molecule has 33 heavy (non-hydrogen) atoms. The first-order valence-electron chi connectivity index (χ1n) is 8.92. The maximum atomic E-state index is 14.4. The molecule has 0 aliphatic rings. The molecular weight excluding hydrogens is 495 g/mol. The van der Waals surface area contributed by atoms with Crippen LogP contribution in [-0.2, 0) is 11.0 Å². The van der Waals surface area contributed by atoms with E-state index in [1.807, 2.05) is 0 Å². The topological polar surface area (TPSA) is 103 Å². The number of benzene rings is 1. The van der Waals surface area contributed by atoms with Crippen LogP contribution >= 0.6 is 23.2 Å². The Hall–Kier alpha value is -3.38. The van der Waals surface area contributed by atoms with Gasteiger partial charge in [0.1, 0.15) is 5.69 Å². The van der Waals surface area contributed by atoms with Crippen LogP contribution in [0.3, 0.4) is 0 Å². The summed E-state index contributed by atoms with van der Waals surface area (Å²) in [5, 5.41) is 12.3. The Bertz CT molecular complexity index is 1390. The van der Waals surface area contributed by atoms with Gasteiger partial charge < -0.3 is 18.8 Å². The Kier molecular flexibility index (Phi) is 5.66. The molecule has 0 aliphatic carbocycles. The van der Waals surface area contributed by atoms with E-state index in [0.29, 0.717) is 0 Å². The normalized spacial score (nSPS) is 12.8. The Balaban J connectivity index is 1.68. The fraction of sp³-hybridized carbons (Fsp3) is 0.158. The highest BCUT2D eigenvalue weighted by atomic mass is 35.5. The van der Waals surface area contributed by atoms with E-state index in [1.165, 1.54) is 13.1 Å². The highest BCUT2D eigenvalue weighted by Gasteiger charge is 2.32. The van der Waals surface area contributed by atoms with Crippen molar-refractivity contribution >= 4 is 34.8 Å². The number of carbonyl (C=O) groups is 1. The van der Waals surface area contributed by atoms with Crippen LogP contribution in [0, 0.1) is 5.82 Å². The van der Waals surface area contributed by atoms with Crippen LogP contribution in [0.1, 0.15) is 12.5 Å². The maximum Gasteiger partial charge on any atom is 0.417 e. The minimum Gasteiger partial charge on any atom is -0.479 e. The van der Waals surface area contributed by atoms with Gasteiger partial charge in [-0.2, -0.15) is 18.2 Å². The minimum atomic E-state index is -4.61. The molecule has 172 valence electrons. The molecule has 0 fully saturated rings. The molecular formula is C19H10Cl2F4N4O4. The molecule has 0 saturated carbocycles. The molecule has 3 aromatic heterocycles. The van der Waals surface area contributed by atoms with Crippen LogP contribution in [0.5, 0.6) is 5.75 Å². The van der Waals surface area contributed by atoms with Crippen molar-refractivity contribution in [3.63, 3.8) is 0 Å². The number of imidazole rings is 1. The highest BCUT2D eigenvalue weighted by Crippen LogP contribution is 2.35. The zero-order chi connectivity index (χ0) is 24.1. The van der Waals surface area contributed by atoms with Gasteiger partial charge in [-0.3, -0.25) is 0 Å². The molecule has 0 bridgehead atoms. The zero-order valence-corrected chi connectivity index (χ0v) is 17.7. The number of fused-ring (bicyclic) bond motifs is 1. The largest absolute Gasteiger partial charge is 0.479 e. The summed E-state index contributed by atoms with van der Waals surface area (Å²) in [6.45, 7) is 1.21. The van der Waals surface area contributed by atoms with Gasteiger partial charge in [-0.15, -0.1) is 0 Å². The quantitative estimate of drug-likeness (QED) is 0.364. The number of carboxylic acids is 1. The van der Waals surface area contributed by atoms with Gasteiger partial charge in [0.05, 0.1) is 21.2 Å². The molecule has 0 aliphatic heterocycles. The maximum absolute atomic E-state index is 14.4. The van der Waals surface area contributed by atoms with Crippen LogP contribution in [0.15, 0.2) is 35.1 Å². The van der Waals surface area contributed by atoms with Crippen molar-refractivity contribution in [3.05, 3.63) is 52.0 Å². The summed E-state index contributed by atoms with van der Waals surface area (Å²) in [5.41, 5.74) is -0.925. The molecule has 4 aromatic rings. The number of aromatic nitrogens is 4. The van der Waals surface area contributed by atoms with E-state index in [2.05, 4.69) is 15.1 Å². The molecule has 4 rings (SSSR count). The van der Waals surface area contributed by atoms with Gasteiger partial charge in [-0.1, -0.05) is 28.4 Å². The number of nitrogens with zero attached hydrogens (tertiary/aromatic N) is 4. The molecule has 0 radical (unpaired) electrons. The second-order valence-corrected chi connectivity index (χ2v) is 7.53. The van der Waals surface area contributed by atoms with Crippen LogP contribution in [-0.4, -0.2) is 36.7 Å². The first-order valence-corrected chi connectivity index (χ1v) is 9.68. The Morgan fingerprint density at radius 3 is 2.58 bits per heavy atom. The molecule has 8 nitrogen and oxygen atoms in total. The van der Waals surface area contributed by atoms with Gasteiger partial charge in [0.2, 0.25) is 5.82 Å². The lowest BCUT2D eigenvalue weighted by Gasteiger charge is -2.12. The first kappa shape index (κ1) is 22.8. The highest BCUT2D eigenvalue weighted by molar-refractivity contribution is 6.33. The summed E-state index contributed by atoms with van der Waals surface area (Å²) < 4.78 is 64.6. The number of carboxylic acid groups (broad SMARTS) is 1. The summed E-state index contributed by atoms with van der Waals surface area (Å²) in [4.78, 5) is 19.1. The van der Waals surface area contributed by atoms with E-state index in [-0.39, 0.29) is 38.7 Å². The summed E-state index contributed by atoms with van der Waals surface area (Å²) in [6.07, 6.45) is -3.91. The number of pyridine rings is 1. The average Bonchev–Trinajstić information content (AvgIpc) is 3.37. The van der Waals surface area contributed by atoms with E-state index in [4.69, 9.17) is 37.6 Å². The fourth-order valence-electron chi connectivity index (χ4n) is 2.78. The lowest BCUT2D eigenvalue weighted by molar-refractivity contribution is -0.144. The van der Waals surface area contributed by atoms with Gasteiger partial charge in [0.15, 0.2) is 23.3 Å². The van der Waals surface area contributed by atoms with Crippen LogP contribution < -0.4 is 4.74 Å². The Labute approximate surface area is 191 Å². The predicted octanol–water partition coefficient (Wildman–Crippen LogP) is 5.37. The van der Waals surface area contributed by atoms with E-state index < -0.39 is 35.4 Å². The molecule has 1 aromatic carbocycles. The second-order valence-electron chi connectivity index (χ2n) is 6.72. The molecule has 0 saturated heterocycles. The zero-order valence-electron chi connectivity index (χ0n) is 16.2. The van der Waals surface area contributed by atoms with Crippen molar-refractivity contribution in [1.82, 2.24) is 19.5 Å². The molecule has 3 heterocycles. The minimum absolute atomic E-state index is 0.0237. The number of alkyl halides is 3. The van der Waals surface area contributed by atoms with Crippen LogP contribution in [0.4, 0.5) is 17.6 Å². The predicted molar refractivity (Wildman–Crippen MR) is 107 cm³/mol. The molecule has 14 heteroatoms. The molecule has 1 N–H and O–H groups in total. The van der Waals surface area contributed by atoms with Crippen molar-refractivity contribution in [2.24, 2.45) is 0 Å². The lowest BCUT2D eigenvalue weighted by Crippen LogP contribution is -2.23. The average molecular weight is 505 g/mol. The SMILES string of the molecule is CC(Oc1cc(Cl)c(-c2nc(-c3cn4cc(C(F)(F)F)cc(Cl)c4n3)no2)cc1F)C(=O)O. The van der Waals surface area contributed by atoms with Crippen molar-refractivity contribution in [2.75, 3.05) is 0 Å². The number of aliphatic carboxylic acids is 1. The molecule has 1 atom stereocenters. The van der Waals surface area contributed by atoms with Crippen molar-refractivity contribution < 1.29 is 36.7 Å². The van der Waals surface area contributed by atoms with Crippen molar-refractivity contribution in [1.29, 1.82) is 0 Å². The fourth-order valence-corrected chi connectivity index (χ4v) is 3.27. The second kappa shape index (κ2) is 8.19. The first-order chi connectivity index (χ1) is 15.4. The number of halogens is 6. The van der Waals surface area contributed by atoms with Gasteiger partial charge >= 0.3 is 12.1 Å². The standard InChI is InChI=1S/C19H10Cl2F4N4O4/c1-7(18(30)31)32-14-4-10(20)9(3-12(14)22)17-27-15(28-33-17)13-6-29-5-8(19(23,24)25)2-11(21)16(29)26-13/h2-7H,1H3,(H,30,31). The number of hydrogen-bond donors (Lipinski definition) is 1. The van der Waals surface area contributed by atoms with Gasteiger partial charge in [-0.05, 0) is 19.1 Å². The molecule has 0 spiro atoms. The number of rotatable bonds is 5. The van der Waals surface area contributed by atoms with Crippen molar-refractivity contribution in [3.8, 4) is 28.7 Å². The third-order valence-corrected chi connectivity index (χ3v) is 4.98. The van der Waals surface area contributed by atoms with E-state index in [0.717, 1.165) is 28.8 Å². The smallest absolute Gasteiger partial charge is 0.417 e. The summed E-state index contributed by atoms with van der Waals surface area (Å²) in [5.74, 6) is -2.96. The monoisotopic (exact) mass is 504 g/mol. The van der Waals surface area contributed by atoms with Crippen LogP contribution in [0.25, 0.3) is 28.6 Å². The van der Waals surface area contributed by atoms with E-state index in [9.17, 15) is 22.4 Å². The third-order valence-electron chi connectivity index (χ3n) is 4.39. The van der Waals surface area contributed by atoms with Crippen molar-refractivity contribution in [2.45, 2.75) is 19.2 Å². The summed E-state index contributed by atoms with van der Waals surface area (Å²) in [6, 6.07) is 2.71. The van der Waals surface area contributed by atoms with Crippen LogP contribution in [0.2, 0.25) is 10.0 Å². The number of hydrogen-bond acceptors (Lipinski definition) is 6. The summed E-state index contributed by atoms with van der Waals surface area (Å²) >= 11 is 12.1. The summed E-state index contributed by atoms with van der Waals surface area (Å²) in [7, 11) is 0. The lowest BCUT2D eigenvalue weighted by atomic mass is 10.2. The Morgan fingerprint density at radius 1 is 1.18 bits per heavy atom. The molecule has 1 unspecified atom stereocenters. The molecule has 0 amide bonds. The van der Waals surface area contributed by atoms with E-state index >= 15 is 0 Å². The third kappa shape index (κ3) is 4.44. The number of ether oxygens (including phenoxy) is 1. The van der Waals surface area contributed by atoms with E-state index in [1.54, 1.807) is 0 Å². The van der Waals surface area contributed by atoms with Gasteiger partial charge in [0, 0.05) is 18.5 Å². The van der Waals surface area contributed by atoms with Gasteiger partial charge in [0.25, 0.3) is 5.89 Å².